The van der Waals surface area contributed by atoms with Gasteiger partial charge in [-0.3, -0.25) is 14.4 Å². The molecule has 1 saturated heterocycles. The van der Waals surface area contributed by atoms with E-state index in [1.54, 1.807) is 11.0 Å². The molecule has 9 heteroatoms. The number of aromatic nitrogens is 1. The number of hydrogen-bond donors (Lipinski definition) is 2. The molecular formula is C22H22N4O3S2. The number of benzene rings is 1. The minimum absolute atomic E-state index is 0.0677. The van der Waals surface area contributed by atoms with Gasteiger partial charge in [0.25, 0.3) is 5.91 Å². The Labute approximate surface area is 188 Å². The maximum Gasteiger partial charge on any atom is 0.264 e. The highest BCUT2D eigenvalue weighted by Gasteiger charge is 2.35. The lowest BCUT2D eigenvalue weighted by Gasteiger charge is -2.22. The molecule has 2 aromatic heterocycles. The van der Waals surface area contributed by atoms with Crippen LogP contribution in [0.15, 0.2) is 47.2 Å². The largest absolute Gasteiger partial charge is 0.352 e. The van der Waals surface area contributed by atoms with Crippen LogP contribution in [0.25, 0.3) is 11.3 Å². The molecule has 3 aromatic rings. The SMILES string of the molecule is CC(=O)NCc1ccc(-c2csc(NC(=O)[C@@H]3CCCN3C(=O)c3cccs3)n2)cc1. The summed E-state index contributed by atoms with van der Waals surface area (Å²) in [6.45, 7) is 2.56. The lowest BCUT2D eigenvalue weighted by molar-refractivity contribution is -0.120. The minimum atomic E-state index is -0.477. The maximum atomic E-state index is 12.8. The van der Waals surface area contributed by atoms with Crippen LogP contribution in [0.2, 0.25) is 0 Å². The number of hydrogen-bond acceptors (Lipinski definition) is 6. The van der Waals surface area contributed by atoms with Crippen molar-refractivity contribution < 1.29 is 14.4 Å². The highest BCUT2D eigenvalue weighted by molar-refractivity contribution is 7.14. The fourth-order valence-corrected chi connectivity index (χ4v) is 4.90. The summed E-state index contributed by atoms with van der Waals surface area (Å²) in [5.41, 5.74) is 2.70. The predicted octanol–water partition coefficient (Wildman–Crippen LogP) is 3.75. The van der Waals surface area contributed by atoms with E-state index in [2.05, 4.69) is 15.6 Å². The molecule has 1 atom stereocenters. The van der Waals surface area contributed by atoms with Crippen molar-refractivity contribution in [3.8, 4) is 11.3 Å². The van der Waals surface area contributed by atoms with E-state index in [0.717, 1.165) is 23.2 Å². The zero-order valence-electron chi connectivity index (χ0n) is 17.0. The molecule has 1 aliphatic rings. The first-order chi connectivity index (χ1) is 15.0. The van der Waals surface area contributed by atoms with Crippen LogP contribution in [0.3, 0.4) is 0 Å². The number of carbonyl (C=O) groups excluding carboxylic acids is 3. The van der Waals surface area contributed by atoms with Crippen LogP contribution in [0, 0.1) is 0 Å². The van der Waals surface area contributed by atoms with Crippen LogP contribution >= 0.6 is 22.7 Å². The molecule has 2 N–H and O–H groups in total. The van der Waals surface area contributed by atoms with E-state index in [-0.39, 0.29) is 17.7 Å². The Morgan fingerprint density at radius 2 is 1.97 bits per heavy atom. The fraction of sp³-hybridized carbons (Fsp3) is 0.273. The average molecular weight is 455 g/mol. The molecule has 7 nitrogen and oxygen atoms in total. The summed E-state index contributed by atoms with van der Waals surface area (Å²) in [7, 11) is 0. The van der Waals surface area contributed by atoms with E-state index in [9.17, 15) is 14.4 Å². The van der Waals surface area contributed by atoms with Crippen LogP contribution in [-0.2, 0) is 16.1 Å². The van der Waals surface area contributed by atoms with Crippen molar-refractivity contribution >= 4 is 45.5 Å². The van der Waals surface area contributed by atoms with Gasteiger partial charge in [-0.15, -0.1) is 22.7 Å². The summed E-state index contributed by atoms with van der Waals surface area (Å²) >= 11 is 2.74. The number of nitrogens with zero attached hydrogens (tertiary/aromatic N) is 2. The normalized spacial score (nSPS) is 15.6. The van der Waals surface area contributed by atoms with Gasteiger partial charge in [0.05, 0.1) is 10.6 Å². The van der Waals surface area contributed by atoms with Gasteiger partial charge in [0.1, 0.15) is 6.04 Å². The van der Waals surface area contributed by atoms with Gasteiger partial charge in [-0.1, -0.05) is 30.3 Å². The molecule has 1 fully saturated rings. The third kappa shape index (κ3) is 5.00. The van der Waals surface area contributed by atoms with Crippen LogP contribution in [-0.4, -0.2) is 40.2 Å². The molecular weight excluding hydrogens is 432 g/mol. The second-order valence-electron chi connectivity index (χ2n) is 7.27. The van der Waals surface area contributed by atoms with Crippen molar-refractivity contribution in [3.63, 3.8) is 0 Å². The predicted molar refractivity (Wildman–Crippen MR) is 122 cm³/mol. The molecule has 0 saturated carbocycles. The van der Waals surface area contributed by atoms with Gasteiger partial charge in [0.15, 0.2) is 5.13 Å². The molecule has 0 bridgehead atoms. The van der Waals surface area contributed by atoms with E-state index >= 15 is 0 Å². The molecule has 3 heterocycles. The van der Waals surface area contributed by atoms with Crippen molar-refractivity contribution in [1.82, 2.24) is 15.2 Å². The Balaban J connectivity index is 1.39. The Morgan fingerprint density at radius 3 is 2.68 bits per heavy atom. The zero-order chi connectivity index (χ0) is 21.8. The lowest BCUT2D eigenvalue weighted by atomic mass is 10.1. The molecule has 31 heavy (non-hydrogen) atoms. The topological polar surface area (TPSA) is 91.4 Å². The van der Waals surface area contributed by atoms with E-state index in [4.69, 9.17) is 0 Å². The third-order valence-corrected chi connectivity index (χ3v) is 6.69. The first-order valence-corrected chi connectivity index (χ1v) is 11.7. The monoisotopic (exact) mass is 454 g/mol. The number of amides is 3. The second-order valence-corrected chi connectivity index (χ2v) is 9.07. The summed E-state index contributed by atoms with van der Waals surface area (Å²) in [5, 5.41) is 9.91. The van der Waals surface area contributed by atoms with Gasteiger partial charge < -0.3 is 15.5 Å². The van der Waals surface area contributed by atoms with Gasteiger partial charge in [-0.2, -0.15) is 0 Å². The smallest absolute Gasteiger partial charge is 0.264 e. The first-order valence-electron chi connectivity index (χ1n) is 9.96. The number of thiazole rings is 1. The van der Waals surface area contributed by atoms with Crippen LogP contribution in [0.4, 0.5) is 5.13 Å². The maximum absolute atomic E-state index is 12.8. The molecule has 1 aromatic carbocycles. The summed E-state index contributed by atoms with van der Waals surface area (Å²) in [6, 6.07) is 10.9. The van der Waals surface area contributed by atoms with E-state index in [1.807, 2.05) is 41.1 Å². The molecule has 0 unspecified atom stereocenters. The summed E-state index contributed by atoms with van der Waals surface area (Å²) in [6.07, 6.45) is 1.46. The van der Waals surface area contributed by atoms with E-state index < -0.39 is 6.04 Å². The summed E-state index contributed by atoms with van der Waals surface area (Å²) in [5.74, 6) is -0.359. The van der Waals surface area contributed by atoms with Crippen molar-refractivity contribution in [3.05, 3.63) is 57.6 Å². The third-order valence-electron chi connectivity index (χ3n) is 5.07. The Bertz CT molecular complexity index is 1080. The standard InChI is InChI=1S/C22H22N4O3S2/c1-14(27)23-12-15-6-8-16(9-7-15)17-13-31-22(24-17)25-20(28)18-4-2-10-26(18)21(29)19-5-3-11-30-19/h3,5-9,11,13,18H,2,4,10,12H2,1H3,(H,23,27)(H,24,25,28)/t18-/m0/s1. The highest BCUT2D eigenvalue weighted by atomic mass is 32.1. The molecule has 0 aliphatic carbocycles. The summed E-state index contributed by atoms with van der Waals surface area (Å²) in [4.78, 5) is 43.4. The van der Waals surface area contributed by atoms with Crippen molar-refractivity contribution in [2.75, 3.05) is 11.9 Å². The van der Waals surface area contributed by atoms with Crippen LogP contribution < -0.4 is 10.6 Å². The first kappa shape index (κ1) is 21.2. The fourth-order valence-electron chi connectivity index (χ4n) is 3.50. The van der Waals surface area contributed by atoms with Gasteiger partial charge in [-0.25, -0.2) is 4.98 Å². The quantitative estimate of drug-likeness (QED) is 0.593. The molecule has 4 rings (SSSR count). The summed E-state index contributed by atoms with van der Waals surface area (Å²) < 4.78 is 0. The van der Waals surface area contributed by atoms with Gasteiger partial charge in [-0.05, 0) is 29.9 Å². The molecule has 160 valence electrons. The number of likely N-dealkylation sites (tertiary alicyclic amines) is 1. The van der Waals surface area contributed by atoms with Gasteiger partial charge >= 0.3 is 0 Å². The Hall–Kier alpha value is -3.04. The zero-order valence-corrected chi connectivity index (χ0v) is 18.6. The number of rotatable bonds is 6. The Kier molecular flexibility index (Phi) is 6.43. The molecule has 0 spiro atoms. The van der Waals surface area contributed by atoms with E-state index in [0.29, 0.717) is 29.5 Å². The number of carbonyl (C=O) groups is 3. The van der Waals surface area contributed by atoms with Gasteiger partial charge in [0, 0.05) is 31.0 Å². The van der Waals surface area contributed by atoms with Crippen LogP contribution in [0.5, 0.6) is 0 Å². The molecule has 3 amide bonds. The second kappa shape index (κ2) is 9.40. The minimum Gasteiger partial charge on any atom is -0.352 e. The highest BCUT2D eigenvalue weighted by Crippen LogP contribution is 2.27. The number of anilines is 1. The molecule has 0 radical (unpaired) electrons. The number of thiophene rings is 1. The number of nitrogens with one attached hydrogen (secondary N) is 2. The van der Waals surface area contributed by atoms with E-state index in [1.165, 1.54) is 29.6 Å². The van der Waals surface area contributed by atoms with Crippen LogP contribution in [0.1, 0.15) is 35.0 Å². The molecule has 1 aliphatic heterocycles. The van der Waals surface area contributed by atoms with Crippen molar-refractivity contribution in [1.29, 1.82) is 0 Å². The van der Waals surface area contributed by atoms with Crippen molar-refractivity contribution in [2.24, 2.45) is 0 Å². The average Bonchev–Trinajstić information content (AvgIpc) is 3.53. The van der Waals surface area contributed by atoms with Gasteiger partial charge in [0.2, 0.25) is 11.8 Å². The van der Waals surface area contributed by atoms with Crippen molar-refractivity contribution in [2.45, 2.75) is 32.4 Å². The Morgan fingerprint density at radius 1 is 1.16 bits per heavy atom. The lowest BCUT2D eigenvalue weighted by Crippen LogP contribution is -2.42.